The number of carbonyl (C=O) groups excluding carboxylic acids is 1. The normalized spacial score (nSPS) is 34.6. The van der Waals surface area contributed by atoms with E-state index < -0.39 is 12.0 Å². The predicted molar refractivity (Wildman–Crippen MR) is 96.8 cm³/mol. The summed E-state index contributed by atoms with van der Waals surface area (Å²) in [6, 6.07) is -0.459. The Morgan fingerprint density at radius 2 is 1.73 bits per heavy atom. The fourth-order valence-electron chi connectivity index (χ4n) is 6.09. The van der Waals surface area contributed by atoms with Crippen LogP contribution in [-0.2, 0) is 14.3 Å². The zero-order valence-electron chi connectivity index (χ0n) is 15.7. The van der Waals surface area contributed by atoms with Gasteiger partial charge in [0, 0.05) is 31.1 Å². The maximum Gasteiger partial charge on any atom is 0.326 e. The van der Waals surface area contributed by atoms with E-state index in [2.05, 4.69) is 4.90 Å². The molecule has 6 heteroatoms. The van der Waals surface area contributed by atoms with Gasteiger partial charge in [-0.25, -0.2) is 4.79 Å². The highest BCUT2D eigenvalue weighted by molar-refractivity contribution is 5.85. The number of carboxylic acids is 1. The third kappa shape index (κ3) is 3.26. The largest absolute Gasteiger partial charge is 0.480 e. The topological polar surface area (TPSA) is 70.1 Å². The number of rotatable bonds is 4. The molecule has 1 amide bonds. The Labute approximate surface area is 155 Å². The van der Waals surface area contributed by atoms with Gasteiger partial charge < -0.3 is 14.7 Å². The van der Waals surface area contributed by atoms with Gasteiger partial charge in [-0.05, 0) is 38.0 Å². The minimum Gasteiger partial charge on any atom is -0.480 e. The van der Waals surface area contributed by atoms with Crippen molar-refractivity contribution in [3.63, 3.8) is 0 Å². The number of aliphatic carboxylic acids is 1. The van der Waals surface area contributed by atoms with Gasteiger partial charge in [-0.3, -0.25) is 9.69 Å². The second kappa shape index (κ2) is 7.47. The van der Waals surface area contributed by atoms with E-state index in [-0.39, 0.29) is 17.5 Å². The number of fused-ring (bicyclic) bond motifs is 1. The SMILES string of the molecule is O=C(O)C1CC2CCCCC2N1C(=O)CC1(N2CCOCC2)CCCC1. The molecule has 2 aliphatic heterocycles. The fourth-order valence-corrected chi connectivity index (χ4v) is 6.09. The number of hydrogen-bond donors (Lipinski definition) is 1. The standard InChI is InChI=1S/C20H32N2O4/c23-18(14-20(7-3-4-8-20)21-9-11-26-12-10-21)22-16-6-2-1-5-15(16)13-17(22)19(24)25/h15-17H,1-14H2,(H,24,25). The summed E-state index contributed by atoms with van der Waals surface area (Å²) >= 11 is 0. The summed E-state index contributed by atoms with van der Waals surface area (Å²) in [5.41, 5.74) is -0.0727. The van der Waals surface area contributed by atoms with E-state index in [1.807, 2.05) is 0 Å². The lowest BCUT2D eigenvalue weighted by Crippen LogP contribution is -2.56. The highest BCUT2D eigenvalue weighted by Gasteiger charge is 2.50. The first-order chi connectivity index (χ1) is 12.6. The molecule has 2 heterocycles. The lowest BCUT2D eigenvalue weighted by atomic mass is 9.84. The second-order valence-corrected chi connectivity index (χ2v) is 8.71. The molecular weight excluding hydrogens is 332 g/mol. The van der Waals surface area contributed by atoms with Gasteiger partial charge >= 0.3 is 5.97 Å². The molecule has 0 aromatic heterocycles. The molecule has 2 saturated heterocycles. The molecule has 6 nitrogen and oxygen atoms in total. The Morgan fingerprint density at radius 1 is 1.04 bits per heavy atom. The first kappa shape index (κ1) is 18.2. The van der Waals surface area contributed by atoms with E-state index in [1.54, 1.807) is 4.90 Å². The third-order valence-electron chi connectivity index (χ3n) is 7.36. The third-order valence-corrected chi connectivity index (χ3v) is 7.36. The number of hydrogen-bond acceptors (Lipinski definition) is 4. The fraction of sp³-hybridized carbons (Fsp3) is 0.900. The van der Waals surface area contributed by atoms with Crippen LogP contribution in [0.25, 0.3) is 0 Å². The molecule has 0 radical (unpaired) electrons. The Balaban J connectivity index is 1.53. The van der Waals surface area contributed by atoms with Crippen LogP contribution in [-0.4, -0.2) is 70.7 Å². The lowest BCUT2D eigenvalue weighted by molar-refractivity contribution is -0.151. The van der Waals surface area contributed by atoms with Crippen LogP contribution in [0.5, 0.6) is 0 Å². The summed E-state index contributed by atoms with van der Waals surface area (Å²) in [6.07, 6.45) is 9.92. The Hall–Kier alpha value is -1.14. The molecule has 3 atom stereocenters. The predicted octanol–water partition coefficient (Wildman–Crippen LogP) is 2.27. The van der Waals surface area contributed by atoms with Crippen molar-refractivity contribution in [2.75, 3.05) is 26.3 Å². The van der Waals surface area contributed by atoms with E-state index >= 15 is 0 Å². The number of likely N-dealkylation sites (tertiary alicyclic amines) is 1. The molecule has 2 saturated carbocycles. The Bertz CT molecular complexity index is 540. The van der Waals surface area contributed by atoms with Crippen molar-refractivity contribution in [3.05, 3.63) is 0 Å². The Kier molecular flexibility index (Phi) is 5.24. The summed E-state index contributed by atoms with van der Waals surface area (Å²) in [4.78, 5) is 29.5. The van der Waals surface area contributed by atoms with Gasteiger partial charge in [-0.15, -0.1) is 0 Å². The van der Waals surface area contributed by atoms with Crippen molar-refractivity contribution < 1.29 is 19.4 Å². The van der Waals surface area contributed by atoms with Crippen LogP contribution < -0.4 is 0 Å². The minimum absolute atomic E-state index is 0.0727. The number of carboxylic acid groups (broad SMARTS) is 1. The summed E-state index contributed by atoms with van der Waals surface area (Å²) in [5.74, 6) is -0.350. The molecule has 1 N–H and O–H groups in total. The quantitative estimate of drug-likeness (QED) is 0.829. The molecule has 0 aromatic carbocycles. The van der Waals surface area contributed by atoms with E-state index in [9.17, 15) is 14.7 Å². The summed E-state index contributed by atoms with van der Waals surface area (Å²) in [7, 11) is 0. The summed E-state index contributed by atoms with van der Waals surface area (Å²) < 4.78 is 5.51. The summed E-state index contributed by atoms with van der Waals surface area (Å²) in [6.45, 7) is 3.26. The zero-order valence-corrected chi connectivity index (χ0v) is 15.7. The van der Waals surface area contributed by atoms with Crippen LogP contribution in [0.2, 0.25) is 0 Å². The maximum atomic E-state index is 13.4. The van der Waals surface area contributed by atoms with Gasteiger partial charge in [0.25, 0.3) is 0 Å². The van der Waals surface area contributed by atoms with Crippen LogP contribution in [0.1, 0.15) is 64.2 Å². The maximum absolute atomic E-state index is 13.4. The molecule has 0 spiro atoms. The van der Waals surface area contributed by atoms with Gasteiger partial charge in [0.1, 0.15) is 6.04 Å². The molecule has 3 unspecified atom stereocenters. The van der Waals surface area contributed by atoms with Gasteiger partial charge in [0.05, 0.1) is 13.2 Å². The van der Waals surface area contributed by atoms with Crippen molar-refractivity contribution in [2.24, 2.45) is 5.92 Å². The van der Waals surface area contributed by atoms with Gasteiger partial charge in [0.15, 0.2) is 0 Å². The van der Waals surface area contributed by atoms with Gasteiger partial charge in [-0.2, -0.15) is 0 Å². The average Bonchev–Trinajstić information content (AvgIpc) is 3.27. The van der Waals surface area contributed by atoms with Crippen LogP contribution in [0.4, 0.5) is 0 Å². The number of amides is 1. The molecule has 26 heavy (non-hydrogen) atoms. The molecule has 0 aromatic rings. The van der Waals surface area contributed by atoms with Crippen molar-refractivity contribution in [3.8, 4) is 0 Å². The van der Waals surface area contributed by atoms with Crippen LogP contribution in [0, 0.1) is 5.92 Å². The summed E-state index contributed by atoms with van der Waals surface area (Å²) in [5, 5.41) is 9.73. The molecule has 4 rings (SSSR count). The first-order valence-corrected chi connectivity index (χ1v) is 10.5. The number of nitrogens with zero attached hydrogens (tertiary/aromatic N) is 2. The van der Waals surface area contributed by atoms with Crippen LogP contribution >= 0.6 is 0 Å². The van der Waals surface area contributed by atoms with Crippen molar-refractivity contribution in [2.45, 2.75) is 81.8 Å². The zero-order chi connectivity index (χ0) is 18.1. The van der Waals surface area contributed by atoms with Crippen LogP contribution in [0.3, 0.4) is 0 Å². The molecule has 2 aliphatic carbocycles. The van der Waals surface area contributed by atoms with E-state index in [0.717, 1.165) is 58.4 Å². The molecule has 0 bridgehead atoms. The molecule has 4 fully saturated rings. The molecule has 4 aliphatic rings. The van der Waals surface area contributed by atoms with E-state index in [4.69, 9.17) is 4.74 Å². The van der Waals surface area contributed by atoms with Crippen molar-refractivity contribution in [1.82, 2.24) is 9.80 Å². The highest BCUT2D eigenvalue weighted by Crippen LogP contribution is 2.43. The second-order valence-electron chi connectivity index (χ2n) is 8.71. The Morgan fingerprint density at radius 3 is 2.42 bits per heavy atom. The minimum atomic E-state index is -0.820. The van der Waals surface area contributed by atoms with Gasteiger partial charge in [-0.1, -0.05) is 25.7 Å². The van der Waals surface area contributed by atoms with E-state index in [0.29, 0.717) is 18.8 Å². The van der Waals surface area contributed by atoms with Crippen LogP contribution in [0.15, 0.2) is 0 Å². The van der Waals surface area contributed by atoms with Crippen molar-refractivity contribution >= 4 is 11.9 Å². The van der Waals surface area contributed by atoms with Gasteiger partial charge in [0.2, 0.25) is 5.91 Å². The number of morpholine rings is 1. The smallest absolute Gasteiger partial charge is 0.326 e. The first-order valence-electron chi connectivity index (χ1n) is 10.5. The highest BCUT2D eigenvalue weighted by atomic mass is 16.5. The monoisotopic (exact) mass is 364 g/mol. The number of ether oxygens (including phenoxy) is 1. The van der Waals surface area contributed by atoms with Crippen molar-refractivity contribution in [1.29, 1.82) is 0 Å². The average molecular weight is 364 g/mol. The van der Waals surface area contributed by atoms with E-state index in [1.165, 1.54) is 19.3 Å². The molecule has 146 valence electrons. The number of carbonyl (C=O) groups is 2. The molecular formula is C20H32N2O4. The lowest BCUT2D eigenvalue weighted by Gasteiger charge is -2.44.